The van der Waals surface area contributed by atoms with Gasteiger partial charge in [-0.05, 0) is 69.9 Å². The Balaban J connectivity index is 1.65. The number of fused-ring (bicyclic) bond motifs is 1. The van der Waals surface area contributed by atoms with Crippen molar-refractivity contribution >= 4 is 28.3 Å². The van der Waals surface area contributed by atoms with Gasteiger partial charge >= 0.3 is 0 Å². The summed E-state index contributed by atoms with van der Waals surface area (Å²) in [5.74, 6) is 0.812. The van der Waals surface area contributed by atoms with Gasteiger partial charge in [-0.2, -0.15) is 5.10 Å². The summed E-state index contributed by atoms with van der Waals surface area (Å²) in [5, 5.41) is 7.48. The Morgan fingerprint density at radius 3 is 2.64 bits per heavy atom. The summed E-state index contributed by atoms with van der Waals surface area (Å²) >= 11 is 1.65. The zero-order chi connectivity index (χ0) is 19.4. The lowest BCUT2D eigenvalue weighted by Crippen LogP contribution is -2.41. The van der Waals surface area contributed by atoms with Crippen LogP contribution in [0.2, 0.25) is 0 Å². The van der Waals surface area contributed by atoms with E-state index in [9.17, 15) is 4.79 Å². The molecule has 0 bridgehead atoms. The van der Waals surface area contributed by atoms with Gasteiger partial charge in [-0.15, -0.1) is 11.3 Å². The third kappa shape index (κ3) is 3.04. The molecule has 1 amide bonds. The first-order valence-corrected chi connectivity index (χ1v) is 11.2. The molecule has 5 rings (SSSR count). The second kappa shape index (κ2) is 6.69. The van der Waals surface area contributed by atoms with Gasteiger partial charge in [-0.3, -0.25) is 4.79 Å². The fourth-order valence-electron chi connectivity index (χ4n) is 4.10. The number of carbonyl (C=O) groups excluding carboxylic acids is 1. The Hall–Kier alpha value is -2.21. The molecular weight excluding hydrogens is 368 g/mol. The van der Waals surface area contributed by atoms with Gasteiger partial charge in [-0.1, -0.05) is 6.07 Å². The normalized spacial score (nSPS) is 18.0. The molecule has 2 aliphatic carbocycles. The zero-order valence-electron chi connectivity index (χ0n) is 16.6. The average molecular weight is 395 g/mol. The molecule has 3 aromatic rings. The third-order valence-electron chi connectivity index (χ3n) is 5.98. The predicted octanol–water partition coefficient (Wildman–Crippen LogP) is 5.14. The van der Waals surface area contributed by atoms with Crippen molar-refractivity contribution in [1.82, 2.24) is 19.7 Å². The number of hydrogen-bond donors (Lipinski definition) is 0. The quantitative estimate of drug-likeness (QED) is 0.581. The molecule has 0 radical (unpaired) electrons. The van der Waals surface area contributed by atoms with Crippen LogP contribution in [0.1, 0.15) is 62.9 Å². The van der Waals surface area contributed by atoms with Crippen LogP contribution in [0.25, 0.3) is 21.6 Å². The number of nitrogens with zero attached hydrogens (tertiary/aromatic N) is 4. The van der Waals surface area contributed by atoms with Crippen LogP contribution in [0.4, 0.5) is 0 Å². The molecule has 2 aliphatic rings. The largest absolute Gasteiger partial charge is 0.333 e. The molecule has 0 N–H and O–H groups in total. The lowest BCUT2D eigenvalue weighted by molar-refractivity contribution is 0.0656. The molecule has 3 aromatic heterocycles. The van der Waals surface area contributed by atoms with Gasteiger partial charge < -0.3 is 4.90 Å². The van der Waals surface area contributed by atoms with E-state index in [0.29, 0.717) is 18.0 Å². The lowest BCUT2D eigenvalue weighted by Gasteiger charge is -2.30. The number of aromatic nitrogens is 3. The van der Waals surface area contributed by atoms with Crippen molar-refractivity contribution in [1.29, 1.82) is 0 Å². The van der Waals surface area contributed by atoms with Crippen LogP contribution < -0.4 is 0 Å². The Labute approximate surface area is 169 Å². The molecule has 2 fully saturated rings. The van der Waals surface area contributed by atoms with Crippen molar-refractivity contribution < 1.29 is 4.79 Å². The fourth-order valence-corrected chi connectivity index (χ4v) is 4.79. The highest BCUT2D eigenvalue weighted by molar-refractivity contribution is 7.13. The summed E-state index contributed by atoms with van der Waals surface area (Å²) in [7, 11) is 0. The van der Waals surface area contributed by atoms with Gasteiger partial charge in [-0.25, -0.2) is 9.67 Å². The minimum absolute atomic E-state index is 0.149. The summed E-state index contributed by atoms with van der Waals surface area (Å²) in [6.07, 6.45) is 6.56. The highest BCUT2D eigenvalue weighted by atomic mass is 32.1. The van der Waals surface area contributed by atoms with Crippen LogP contribution in [0.15, 0.2) is 29.8 Å². The van der Waals surface area contributed by atoms with Crippen LogP contribution in [-0.2, 0) is 0 Å². The number of pyridine rings is 1. The van der Waals surface area contributed by atoms with E-state index in [4.69, 9.17) is 4.98 Å². The summed E-state index contributed by atoms with van der Waals surface area (Å²) in [4.78, 5) is 21.9. The van der Waals surface area contributed by atoms with Crippen molar-refractivity contribution in [3.8, 4) is 10.6 Å². The maximum absolute atomic E-state index is 13.8. The van der Waals surface area contributed by atoms with E-state index in [1.165, 1.54) is 12.8 Å². The van der Waals surface area contributed by atoms with Crippen LogP contribution in [0.3, 0.4) is 0 Å². The fraction of sp³-hybridized carbons (Fsp3) is 0.500. The second-order valence-electron chi connectivity index (χ2n) is 8.47. The molecule has 1 atom stereocenters. The van der Waals surface area contributed by atoms with Crippen molar-refractivity contribution in [2.75, 3.05) is 0 Å². The van der Waals surface area contributed by atoms with Gasteiger partial charge in [0.05, 0.1) is 27.7 Å². The standard InChI is InChI=1S/C22H26N4OS/c1-13(2)26-21-18(12-23-26)17(11-19(24-21)20-5-4-10-28-20)22(27)25(16-8-9-16)14(3)15-6-7-15/h4-5,10-16H,6-9H2,1-3H3. The van der Waals surface area contributed by atoms with Crippen LogP contribution >= 0.6 is 11.3 Å². The predicted molar refractivity (Wildman–Crippen MR) is 113 cm³/mol. The van der Waals surface area contributed by atoms with E-state index in [0.717, 1.165) is 40.0 Å². The van der Waals surface area contributed by atoms with Crippen molar-refractivity contribution in [2.24, 2.45) is 5.92 Å². The highest BCUT2D eigenvalue weighted by Gasteiger charge is 2.42. The summed E-state index contributed by atoms with van der Waals surface area (Å²) < 4.78 is 1.93. The van der Waals surface area contributed by atoms with Gasteiger partial charge in [0.2, 0.25) is 0 Å². The first kappa shape index (κ1) is 17.9. The van der Waals surface area contributed by atoms with Crippen LogP contribution in [0.5, 0.6) is 0 Å². The Morgan fingerprint density at radius 2 is 2.04 bits per heavy atom. The molecule has 28 heavy (non-hydrogen) atoms. The Kier molecular flexibility index (Phi) is 4.27. The van der Waals surface area contributed by atoms with Gasteiger partial charge in [0, 0.05) is 18.1 Å². The van der Waals surface area contributed by atoms with E-state index < -0.39 is 0 Å². The number of hydrogen-bond acceptors (Lipinski definition) is 4. The summed E-state index contributed by atoms with van der Waals surface area (Å²) in [6.45, 7) is 6.42. The smallest absolute Gasteiger partial charge is 0.255 e. The van der Waals surface area contributed by atoms with E-state index in [2.05, 4.69) is 36.8 Å². The highest BCUT2D eigenvalue weighted by Crippen LogP contribution is 2.41. The molecule has 146 valence electrons. The van der Waals surface area contributed by atoms with Gasteiger partial charge in [0.1, 0.15) is 0 Å². The van der Waals surface area contributed by atoms with Crippen LogP contribution in [-0.4, -0.2) is 37.7 Å². The van der Waals surface area contributed by atoms with E-state index in [1.54, 1.807) is 11.3 Å². The van der Waals surface area contributed by atoms with Gasteiger partial charge in [0.25, 0.3) is 5.91 Å². The molecule has 5 nitrogen and oxygen atoms in total. The SMILES string of the molecule is CC(C1CC1)N(C(=O)c1cc(-c2cccs2)nc2c1cnn2C(C)C)C1CC1. The molecule has 3 heterocycles. The maximum atomic E-state index is 13.8. The molecule has 0 spiro atoms. The molecule has 0 aromatic carbocycles. The molecule has 0 saturated heterocycles. The summed E-state index contributed by atoms with van der Waals surface area (Å²) in [6, 6.07) is 6.98. The molecular formula is C22H26N4OS. The zero-order valence-corrected chi connectivity index (χ0v) is 17.4. The first-order valence-electron chi connectivity index (χ1n) is 10.3. The van der Waals surface area contributed by atoms with Gasteiger partial charge in [0.15, 0.2) is 5.65 Å². The number of rotatable bonds is 6. The second-order valence-corrected chi connectivity index (χ2v) is 9.42. The Bertz CT molecular complexity index is 1010. The molecule has 1 unspecified atom stereocenters. The lowest BCUT2D eigenvalue weighted by atomic mass is 10.1. The summed E-state index contributed by atoms with van der Waals surface area (Å²) in [5.41, 5.74) is 2.42. The molecule has 6 heteroatoms. The maximum Gasteiger partial charge on any atom is 0.255 e. The number of thiophene rings is 1. The minimum Gasteiger partial charge on any atom is -0.333 e. The van der Waals surface area contributed by atoms with E-state index in [-0.39, 0.29) is 11.9 Å². The molecule has 0 aliphatic heterocycles. The topological polar surface area (TPSA) is 51.0 Å². The van der Waals surface area contributed by atoms with E-state index in [1.807, 2.05) is 28.4 Å². The van der Waals surface area contributed by atoms with Crippen molar-refractivity contribution in [3.05, 3.63) is 35.3 Å². The monoisotopic (exact) mass is 394 g/mol. The number of amides is 1. The Morgan fingerprint density at radius 1 is 1.25 bits per heavy atom. The third-order valence-corrected chi connectivity index (χ3v) is 6.87. The first-order chi connectivity index (χ1) is 13.5. The average Bonchev–Trinajstić information content (AvgIpc) is 3.59. The van der Waals surface area contributed by atoms with E-state index >= 15 is 0 Å². The van der Waals surface area contributed by atoms with Crippen molar-refractivity contribution in [2.45, 2.75) is 64.6 Å². The minimum atomic E-state index is 0.149. The van der Waals surface area contributed by atoms with Crippen LogP contribution in [0, 0.1) is 5.92 Å². The molecule has 2 saturated carbocycles. The van der Waals surface area contributed by atoms with Crippen molar-refractivity contribution in [3.63, 3.8) is 0 Å². The number of carbonyl (C=O) groups is 1.